The van der Waals surface area contributed by atoms with Crippen molar-refractivity contribution in [2.45, 2.75) is 0 Å². The van der Waals surface area contributed by atoms with Crippen molar-refractivity contribution in [2.24, 2.45) is 0 Å². The van der Waals surface area contributed by atoms with Gasteiger partial charge in [-0.05, 0) is 17.7 Å². The molecule has 0 unspecified atom stereocenters. The highest BCUT2D eigenvalue weighted by Crippen LogP contribution is 2.22. The molecule has 2 heterocycles. The number of benzene rings is 1. The number of hydrogen-bond donors (Lipinski definition) is 2. The van der Waals surface area contributed by atoms with Crippen molar-refractivity contribution in [3.63, 3.8) is 0 Å². The van der Waals surface area contributed by atoms with Crippen LogP contribution in [0.3, 0.4) is 0 Å². The molecule has 0 fully saturated rings. The molecule has 0 aliphatic heterocycles. The first-order valence-electron chi connectivity index (χ1n) is 6.35. The van der Waals surface area contributed by atoms with Crippen LogP contribution in [0.1, 0.15) is 0 Å². The van der Waals surface area contributed by atoms with E-state index in [1.807, 2.05) is 30.1 Å². The van der Waals surface area contributed by atoms with E-state index < -0.39 is 0 Å². The van der Waals surface area contributed by atoms with Gasteiger partial charge in [0, 0.05) is 31.5 Å². The van der Waals surface area contributed by atoms with E-state index in [0.717, 1.165) is 22.2 Å². The summed E-state index contributed by atoms with van der Waals surface area (Å²) in [6, 6.07) is 5.99. The van der Waals surface area contributed by atoms with E-state index in [4.69, 9.17) is 5.11 Å². The summed E-state index contributed by atoms with van der Waals surface area (Å²) in [4.78, 5) is 17.7. The Labute approximate surface area is 116 Å². The highest BCUT2D eigenvalue weighted by molar-refractivity contribution is 5.81. The summed E-state index contributed by atoms with van der Waals surface area (Å²) >= 11 is 0. The number of H-pyrrole nitrogens is 1. The fraction of sp³-hybridized carbons (Fsp3) is 0.214. The zero-order valence-electron chi connectivity index (χ0n) is 11.1. The van der Waals surface area contributed by atoms with E-state index in [1.165, 1.54) is 0 Å². The van der Waals surface area contributed by atoms with Crippen LogP contribution in [-0.2, 0) is 0 Å². The van der Waals surface area contributed by atoms with Crippen LogP contribution in [0.2, 0.25) is 0 Å². The van der Waals surface area contributed by atoms with Gasteiger partial charge >= 0.3 is 0 Å². The second kappa shape index (κ2) is 5.26. The fourth-order valence-electron chi connectivity index (χ4n) is 2.03. The zero-order chi connectivity index (χ0) is 13.9. The molecular weight excluding hydrogens is 254 g/mol. The van der Waals surface area contributed by atoms with Gasteiger partial charge in [0.2, 0.25) is 5.95 Å². The van der Waals surface area contributed by atoms with Crippen molar-refractivity contribution in [3.8, 4) is 11.1 Å². The number of likely N-dealkylation sites (N-methyl/N-ethyl adjacent to an activating group) is 1. The molecular formula is C14H15N5O. The lowest BCUT2D eigenvalue weighted by atomic mass is 10.1. The Morgan fingerprint density at radius 1 is 1.15 bits per heavy atom. The maximum atomic E-state index is 8.90. The van der Waals surface area contributed by atoms with Crippen LogP contribution in [0.4, 0.5) is 5.95 Å². The van der Waals surface area contributed by atoms with Gasteiger partial charge in [0.25, 0.3) is 0 Å². The lowest BCUT2D eigenvalue weighted by Crippen LogP contribution is -2.23. The number of hydrogen-bond acceptors (Lipinski definition) is 5. The Morgan fingerprint density at radius 3 is 2.70 bits per heavy atom. The predicted molar refractivity (Wildman–Crippen MR) is 77.5 cm³/mol. The van der Waals surface area contributed by atoms with Crippen molar-refractivity contribution < 1.29 is 5.11 Å². The average molecular weight is 269 g/mol. The molecule has 3 aromatic rings. The molecule has 6 nitrogen and oxygen atoms in total. The number of anilines is 1. The first kappa shape index (κ1) is 12.6. The molecule has 20 heavy (non-hydrogen) atoms. The minimum absolute atomic E-state index is 0.0815. The number of aliphatic hydroxyl groups excluding tert-OH is 1. The quantitative estimate of drug-likeness (QED) is 0.749. The Kier molecular flexibility index (Phi) is 3.30. The molecule has 0 aliphatic carbocycles. The van der Waals surface area contributed by atoms with E-state index in [9.17, 15) is 0 Å². The molecule has 2 aromatic heterocycles. The Balaban J connectivity index is 1.90. The van der Waals surface area contributed by atoms with Crippen LogP contribution < -0.4 is 4.90 Å². The van der Waals surface area contributed by atoms with Gasteiger partial charge in [-0.2, -0.15) is 0 Å². The molecule has 0 amide bonds. The molecule has 3 rings (SSSR count). The Bertz CT molecular complexity index is 707. The lowest BCUT2D eigenvalue weighted by molar-refractivity contribution is 0.303. The summed E-state index contributed by atoms with van der Waals surface area (Å²) in [5, 5.41) is 8.90. The third-order valence-electron chi connectivity index (χ3n) is 3.17. The number of imidazole rings is 1. The predicted octanol–water partition coefficient (Wildman–Crippen LogP) is 1.45. The summed E-state index contributed by atoms with van der Waals surface area (Å²) in [7, 11) is 1.85. The van der Waals surface area contributed by atoms with Gasteiger partial charge in [0.05, 0.1) is 24.0 Å². The smallest absolute Gasteiger partial charge is 0.225 e. The van der Waals surface area contributed by atoms with Crippen molar-refractivity contribution in [1.82, 2.24) is 19.9 Å². The number of nitrogens with one attached hydrogen (secondary N) is 1. The molecule has 6 heteroatoms. The van der Waals surface area contributed by atoms with Gasteiger partial charge in [-0.3, -0.25) is 0 Å². The van der Waals surface area contributed by atoms with Gasteiger partial charge in [-0.25, -0.2) is 15.0 Å². The third kappa shape index (κ3) is 2.33. The zero-order valence-corrected chi connectivity index (χ0v) is 11.1. The maximum absolute atomic E-state index is 8.90. The van der Waals surface area contributed by atoms with E-state index >= 15 is 0 Å². The summed E-state index contributed by atoms with van der Waals surface area (Å²) in [5.41, 5.74) is 3.92. The van der Waals surface area contributed by atoms with E-state index in [0.29, 0.717) is 12.5 Å². The SMILES string of the molecule is CN(CCO)c1ncc(-c2ccc3nc[nH]c3c2)cn1. The number of rotatable bonds is 4. The molecule has 102 valence electrons. The van der Waals surface area contributed by atoms with Gasteiger partial charge in [-0.1, -0.05) is 6.07 Å². The first-order chi connectivity index (χ1) is 9.78. The minimum Gasteiger partial charge on any atom is -0.395 e. The van der Waals surface area contributed by atoms with Crippen molar-refractivity contribution in [1.29, 1.82) is 0 Å². The summed E-state index contributed by atoms with van der Waals surface area (Å²) in [5.74, 6) is 0.602. The highest BCUT2D eigenvalue weighted by Gasteiger charge is 2.05. The summed E-state index contributed by atoms with van der Waals surface area (Å²) in [6.45, 7) is 0.595. The van der Waals surface area contributed by atoms with Crippen LogP contribution in [0.25, 0.3) is 22.2 Å². The Hall–Kier alpha value is -2.47. The average Bonchev–Trinajstić information content (AvgIpc) is 2.95. The van der Waals surface area contributed by atoms with Crippen molar-refractivity contribution in [3.05, 3.63) is 36.9 Å². The topological polar surface area (TPSA) is 77.9 Å². The monoisotopic (exact) mass is 269 g/mol. The molecule has 0 saturated carbocycles. The fourth-order valence-corrected chi connectivity index (χ4v) is 2.03. The van der Waals surface area contributed by atoms with Gasteiger partial charge in [-0.15, -0.1) is 0 Å². The second-order valence-corrected chi connectivity index (χ2v) is 4.55. The molecule has 0 radical (unpaired) electrons. The van der Waals surface area contributed by atoms with Gasteiger partial charge in [0.15, 0.2) is 0 Å². The second-order valence-electron chi connectivity index (χ2n) is 4.55. The number of aliphatic hydroxyl groups is 1. The van der Waals surface area contributed by atoms with Crippen molar-refractivity contribution >= 4 is 17.0 Å². The first-order valence-corrected chi connectivity index (χ1v) is 6.35. The number of nitrogens with zero attached hydrogens (tertiary/aromatic N) is 4. The summed E-state index contributed by atoms with van der Waals surface area (Å²) in [6.07, 6.45) is 5.25. The number of fused-ring (bicyclic) bond motifs is 1. The highest BCUT2D eigenvalue weighted by atomic mass is 16.3. The number of aromatic amines is 1. The van der Waals surface area contributed by atoms with E-state index in [-0.39, 0.29) is 6.61 Å². The van der Waals surface area contributed by atoms with Crippen LogP contribution in [0, 0.1) is 0 Å². The largest absolute Gasteiger partial charge is 0.395 e. The lowest BCUT2D eigenvalue weighted by Gasteiger charge is -2.15. The normalized spacial score (nSPS) is 10.9. The molecule has 0 spiro atoms. The third-order valence-corrected chi connectivity index (χ3v) is 3.17. The van der Waals surface area contributed by atoms with Crippen LogP contribution in [0.5, 0.6) is 0 Å². The van der Waals surface area contributed by atoms with E-state index in [1.54, 1.807) is 18.7 Å². The standard InChI is InChI=1S/C14H15N5O/c1-19(4-5-20)14-15-7-11(8-16-14)10-2-3-12-13(6-10)18-9-17-12/h2-3,6-9,20H,4-5H2,1H3,(H,17,18). The van der Waals surface area contributed by atoms with Gasteiger partial charge < -0.3 is 15.0 Å². The van der Waals surface area contributed by atoms with Crippen LogP contribution in [-0.4, -0.2) is 45.2 Å². The molecule has 1 aromatic carbocycles. The van der Waals surface area contributed by atoms with E-state index in [2.05, 4.69) is 19.9 Å². The van der Waals surface area contributed by atoms with Crippen LogP contribution in [0.15, 0.2) is 36.9 Å². The minimum atomic E-state index is 0.0815. The molecule has 2 N–H and O–H groups in total. The Morgan fingerprint density at radius 2 is 1.95 bits per heavy atom. The molecule has 0 bridgehead atoms. The maximum Gasteiger partial charge on any atom is 0.225 e. The van der Waals surface area contributed by atoms with Crippen molar-refractivity contribution in [2.75, 3.05) is 25.1 Å². The van der Waals surface area contributed by atoms with Gasteiger partial charge in [0.1, 0.15) is 0 Å². The van der Waals surface area contributed by atoms with Crippen LogP contribution >= 0.6 is 0 Å². The molecule has 0 atom stereocenters. The summed E-state index contributed by atoms with van der Waals surface area (Å²) < 4.78 is 0. The molecule has 0 saturated heterocycles. The molecule has 0 aliphatic rings. The number of aromatic nitrogens is 4.